The minimum Gasteiger partial charge on any atom is -0.456 e. The zero-order chi connectivity index (χ0) is 17.7. The lowest BCUT2D eigenvalue weighted by molar-refractivity contribution is 0.669. The van der Waals surface area contributed by atoms with Crippen molar-refractivity contribution in [3.05, 3.63) is 72.7 Å². The Labute approximate surface area is 123 Å². The predicted molar refractivity (Wildman–Crippen MR) is 83.4 cm³/mol. The SMILES string of the molecule is [2H]c1c([2H])c([2H])c(Nc2ccc3oc4ccccc4c3c2)c([2H])c1[2H]. The molecule has 0 amide bonds. The number of furan rings is 1. The Morgan fingerprint density at radius 3 is 2.50 bits per heavy atom. The number of fused-ring (bicyclic) bond motifs is 3. The van der Waals surface area contributed by atoms with Crippen LogP contribution in [-0.2, 0) is 0 Å². The average molecular weight is 264 g/mol. The lowest BCUT2D eigenvalue weighted by atomic mass is 10.1. The monoisotopic (exact) mass is 264 g/mol. The topological polar surface area (TPSA) is 25.2 Å². The van der Waals surface area contributed by atoms with Crippen molar-refractivity contribution in [2.24, 2.45) is 0 Å². The number of nitrogens with one attached hydrogen (secondary N) is 1. The molecule has 3 aromatic carbocycles. The van der Waals surface area contributed by atoms with Gasteiger partial charge in [-0.1, -0.05) is 36.3 Å². The molecule has 4 aromatic rings. The van der Waals surface area contributed by atoms with Gasteiger partial charge in [0.2, 0.25) is 0 Å². The smallest absolute Gasteiger partial charge is 0.135 e. The molecule has 20 heavy (non-hydrogen) atoms. The first-order valence-corrected chi connectivity index (χ1v) is 6.22. The highest BCUT2D eigenvalue weighted by Crippen LogP contribution is 2.31. The zero-order valence-corrected chi connectivity index (χ0v) is 10.4. The number of hydrogen-bond acceptors (Lipinski definition) is 2. The van der Waals surface area contributed by atoms with Gasteiger partial charge in [0.15, 0.2) is 0 Å². The van der Waals surface area contributed by atoms with Crippen LogP contribution >= 0.6 is 0 Å². The first-order chi connectivity index (χ1) is 12.0. The molecule has 1 heterocycles. The van der Waals surface area contributed by atoms with Crippen molar-refractivity contribution in [1.29, 1.82) is 0 Å². The van der Waals surface area contributed by atoms with Crippen molar-refractivity contribution in [3.63, 3.8) is 0 Å². The molecule has 0 aliphatic heterocycles. The van der Waals surface area contributed by atoms with Crippen molar-refractivity contribution < 1.29 is 11.3 Å². The molecule has 2 nitrogen and oxygen atoms in total. The van der Waals surface area contributed by atoms with E-state index in [1.807, 2.05) is 30.3 Å². The number of para-hydroxylation sites is 2. The lowest BCUT2D eigenvalue weighted by Gasteiger charge is -2.05. The quantitative estimate of drug-likeness (QED) is 0.529. The number of anilines is 2. The first kappa shape index (κ1) is 7.15. The highest BCUT2D eigenvalue weighted by atomic mass is 16.3. The molecule has 0 atom stereocenters. The number of rotatable bonds is 2. The molecule has 0 radical (unpaired) electrons. The van der Waals surface area contributed by atoms with E-state index in [9.17, 15) is 0 Å². The van der Waals surface area contributed by atoms with E-state index in [1.54, 1.807) is 12.1 Å². The van der Waals surface area contributed by atoms with Gasteiger partial charge < -0.3 is 9.73 Å². The van der Waals surface area contributed by atoms with E-state index in [1.165, 1.54) is 0 Å². The number of benzene rings is 3. The third-order valence-corrected chi connectivity index (χ3v) is 3.15. The van der Waals surface area contributed by atoms with Crippen LogP contribution in [0.3, 0.4) is 0 Å². The molecule has 2 heteroatoms. The van der Waals surface area contributed by atoms with Crippen LogP contribution < -0.4 is 5.32 Å². The van der Waals surface area contributed by atoms with E-state index in [4.69, 9.17) is 11.3 Å². The summed E-state index contributed by atoms with van der Waals surface area (Å²) in [5.41, 5.74) is 2.18. The third kappa shape index (κ3) is 1.82. The molecule has 96 valence electrons. The van der Waals surface area contributed by atoms with Crippen molar-refractivity contribution in [1.82, 2.24) is 0 Å². The third-order valence-electron chi connectivity index (χ3n) is 3.15. The maximum atomic E-state index is 8.00. The molecule has 0 aliphatic carbocycles. The van der Waals surface area contributed by atoms with Crippen LogP contribution in [-0.4, -0.2) is 0 Å². The maximum Gasteiger partial charge on any atom is 0.135 e. The van der Waals surface area contributed by atoms with Crippen molar-refractivity contribution in [2.75, 3.05) is 5.32 Å². The molecule has 0 bridgehead atoms. The molecule has 0 fully saturated rings. The van der Waals surface area contributed by atoms with Crippen LogP contribution in [0.2, 0.25) is 0 Å². The second-order valence-corrected chi connectivity index (χ2v) is 4.43. The van der Waals surface area contributed by atoms with E-state index >= 15 is 0 Å². The minimum absolute atomic E-state index is 0.0538. The van der Waals surface area contributed by atoms with Crippen molar-refractivity contribution in [3.8, 4) is 0 Å². The van der Waals surface area contributed by atoms with Gasteiger partial charge in [-0.25, -0.2) is 0 Å². The lowest BCUT2D eigenvalue weighted by Crippen LogP contribution is -1.88. The van der Waals surface area contributed by atoms with Crippen LogP contribution in [0.1, 0.15) is 6.85 Å². The average Bonchev–Trinajstić information content (AvgIpc) is 3.00. The van der Waals surface area contributed by atoms with Gasteiger partial charge in [-0.3, -0.25) is 0 Å². The summed E-state index contributed by atoms with van der Waals surface area (Å²) in [6.45, 7) is 0. The van der Waals surface area contributed by atoms with Crippen LogP contribution in [0.4, 0.5) is 11.4 Å². The molecular weight excluding hydrogens is 246 g/mol. The highest BCUT2D eigenvalue weighted by Gasteiger charge is 2.06. The number of hydrogen-bond donors (Lipinski definition) is 1. The van der Waals surface area contributed by atoms with Crippen LogP contribution in [0.25, 0.3) is 21.9 Å². The molecular formula is C18H13NO. The summed E-state index contributed by atoms with van der Waals surface area (Å²) in [7, 11) is 0. The van der Waals surface area contributed by atoms with Gasteiger partial charge in [0.05, 0.1) is 6.85 Å². The standard InChI is InChI=1S/C18H13NO/c1-2-6-13(7-3-1)19-14-10-11-18-16(12-14)15-8-4-5-9-17(15)20-18/h1-12,19H/i1D,2D,3D,6D,7D. The van der Waals surface area contributed by atoms with Crippen molar-refractivity contribution >= 4 is 33.3 Å². The van der Waals surface area contributed by atoms with Crippen LogP contribution in [0.5, 0.6) is 0 Å². The summed E-state index contributed by atoms with van der Waals surface area (Å²) in [4.78, 5) is 0. The van der Waals surface area contributed by atoms with E-state index in [-0.39, 0.29) is 29.9 Å². The predicted octanol–water partition coefficient (Wildman–Crippen LogP) is 5.33. The first-order valence-electron chi connectivity index (χ1n) is 8.72. The molecule has 0 saturated heterocycles. The Balaban J connectivity index is 1.85. The molecule has 1 aromatic heterocycles. The Kier molecular flexibility index (Phi) is 1.58. The summed E-state index contributed by atoms with van der Waals surface area (Å²) in [5.74, 6) is 0. The normalized spacial score (nSPS) is 14.5. The molecule has 1 N–H and O–H groups in total. The minimum atomic E-state index is -0.406. The zero-order valence-electron chi connectivity index (χ0n) is 15.4. The fourth-order valence-corrected chi connectivity index (χ4v) is 2.26. The van der Waals surface area contributed by atoms with Crippen LogP contribution in [0, 0.1) is 0 Å². The summed E-state index contributed by atoms with van der Waals surface area (Å²) in [5, 5.41) is 4.81. The maximum absolute atomic E-state index is 8.00. The second kappa shape index (κ2) is 4.42. The summed E-state index contributed by atoms with van der Waals surface area (Å²) in [6, 6.07) is 11.4. The van der Waals surface area contributed by atoms with E-state index < -0.39 is 6.04 Å². The molecule has 0 unspecified atom stereocenters. The molecule has 0 aliphatic rings. The summed E-state index contributed by atoms with van der Waals surface area (Å²) >= 11 is 0. The van der Waals surface area contributed by atoms with E-state index in [0.717, 1.165) is 21.9 Å². The highest BCUT2D eigenvalue weighted by molar-refractivity contribution is 6.06. The Morgan fingerprint density at radius 2 is 1.60 bits per heavy atom. The van der Waals surface area contributed by atoms with Gasteiger partial charge in [0.1, 0.15) is 11.2 Å². The van der Waals surface area contributed by atoms with Gasteiger partial charge in [0, 0.05) is 22.1 Å². The van der Waals surface area contributed by atoms with Crippen molar-refractivity contribution in [2.45, 2.75) is 0 Å². The summed E-state index contributed by atoms with van der Waals surface area (Å²) < 4.78 is 44.9. The van der Waals surface area contributed by atoms with E-state index in [0.29, 0.717) is 5.69 Å². The van der Waals surface area contributed by atoms with Gasteiger partial charge in [-0.05, 0) is 36.4 Å². The Hall–Kier alpha value is -2.74. The van der Waals surface area contributed by atoms with Crippen LogP contribution in [0.15, 0.2) is 77.1 Å². The molecule has 0 spiro atoms. The fourth-order valence-electron chi connectivity index (χ4n) is 2.26. The molecule has 4 rings (SSSR count). The summed E-state index contributed by atoms with van der Waals surface area (Å²) in [6.07, 6.45) is 0. The van der Waals surface area contributed by atoms with E-state index in [2.05, 4.69) is 5.32 Å². The Bertz CT molecular complexity index is 1110. The van der Waals surface area contributed by atoms with Gasteiger partial charge in [-0.15, -0.1) is 0 Å². The van der Waals surface area contributed by atoms with Gasteiger partial charge in [0.25, 0.3) is 0 Å². The van der Waals surface area contributed by atoms with Gasteiger partial charge in [-0.2, -0.15) is 0 Å². The molecule has 0 saturated carbocycles. The Morgan fingerprint density at radius 1 is 0.800 bits per heavy atom. The largest absolute Gasteiger partial charge is 0.456 e. The van der Waals surface area contributed by atoms with Gasteiger partial charge >= 0.3 is 0 Å². The second-order valence-electron chi connectivity index (χ2n) is 4.43. The fraction of sp³-hybridized carbons (Fsp3) is 0.